The molecule has 1 fully saturated rings. The second-order valence-electron chi connectivity index (χ2n) is 4.62. The molecule has 0 unspecified atom stereocenters. The number of carbonyl (C=O) groups excluding carboxylic acids is 1. The Morgan fingerprint density at radius 1 is 1.37 bits per heavy atom. The van der Waals surface area contributed by atoms with E-state index in [1.54, 1.807) is 14.2 Å². The van der Waals surface area contributed by atoms with E-state index in [0.717, 1.165) is 23.6 Å². The first-order chi connectivity index (χ1) is 9.15. The molecule has 2 rings (SSSR count). The van der Waals surface area contributed by atoms with Gasteiger partial charge in [-0.3, -0.25) is 9.69 Å². The second kappa shape index (κ2) is 5.93. The molecule has 1 aromatic carbocycles. The monoisotopic (exact) mass is 264 g/mol. The van der Waals surface area contributed by atoms with Gasteiger partial charge in [0.15, 0.2) is 0 Å². The highest BCUT2D eigenvalue weighted by molar-refractivity contribution is 5.82. The Hall–Kier alpha value is -1.75. The molecule has 104 valence electrons. The van der Waals surface area contributed by atoms with Crippen LogP contribution in [0.1, 0.15) is 12.5 Å². The molecule has 1 N–H and O–H groups in total. The predicted molar refractivity (Wildman–Crippen MR) is 72.4 cm³/mol. The number of methoxy groups -OCH3 is 2. The third-order valence-electron chi connectivity index (χ3n) is 3.49. The number of hydrogen-bond donors (Lipinski definition) is 1. The van der Waals surface area contributed by atoms with E-state index < -0.39 is 0 Å². The van der Waals surface area contributed by atoms with Crippen molar-refractivity contribution < 1.29 is 14.3 Å². The molecule has 1 aliphatic rings. The Kier molecular flexibility index (Phi) is 4.27. The average Bonchev–Trinajstić information content (AvgIpc) is 2.44. The molecule has 0 spiro atoms. The van der Waals surface area contributed by atoms with E-state index in [2.05, 4.69) is 10.2 Å². The number of benzene rings is 1. The normalized spacial score (nSPS) is 19.9. The van der Waals surface area contributed by atoms with Gasteiger partial charge in [0.1, 0.15) is 11.5 Å². The van der Waals surface area contributed by atoms with Crippen molar-refractivity contribution in [3.05, 3.63) is 23.8 Å². The molecular weight excluding hydrogens is 244 g/mol. The Labute approximate surface area is 113 Å². The topological polar surface area (TPSA) is 50.8 Å². The first-order valence-corrected chi connectivity index (χ1v) is 6.38. The molecule has 1 heterocycles. The minimum atomic E-state index is -0.111. The molecule has 0 aromatic heterocycles. The van der Waals surface area contributed by atoms with Crippen molar-refractivity contribution in [1.82, 2.24) is 10.2 Å². The largest absolute Gasteiger partial charge is 0.497 e. The maximum atomic E-state index is 11.6. The highest BCUT2D eigenvalue weighted by Gasteiger charge is 2.25. The summed E-state index contributed by atoms with van der Waals surface area (Å²) in [6, 6.07) is 5.65. The molecule has 0 radical (unpaired) electrons. The van der Waals surface area contributed by atoms with E-state index >= 15 is 0 Å². The number of rotatable bonds is 4. The van der Waals surface area contributed by atoms with E-state index in [1.807, 2.05) is 25.1 Å². The lowest BCUT2D eigenvalue weighted by Gasteiger charge is -2.33. The molecule has 1 saturated heterocycles. The average molecular weight is 264 g/mol. The van der Waals surface area contributed by atoms with Crippen molar-refractivity contribution in [2.24, 2.45) is 0 Å². The van der Waals surface area contributed by atoms with E-state index in [9.17, 15) is 4.79 Å². The summed E-state index contributed by atoms with van der Waals surface area (Å²) in [6.07, 6.45) is 0. The smallest absolute Gasteiger partial charge is 0.237 e. The van der Waals surface area contributed by atoms with Gasteiger partial charge in [-0.25, -0.2) is 0 Å². The maximum Gasteiger partial charge on any atom is 0.237 e. The number of piperazine rings is 1. The molecule has 19 heavy (non-hydrogen) atoms. The van der Waals surface area contributed by atoms with Crippen molar-refractivity contribution in [3.8, 4) is 11.5 Å². The third kappa shape index (κ3) is 2.98. The Morgan fingerprint density at radius 2 is 2.16 bits per heavy atom. The number of nitrogens with zero attached hydrogens (tertiary/aromatic N) is 1. The van der Waals surface area contributed by atoms with Gasteiger partial charge in [0.05, 0.1) is 20.3 Å². The lowest BCUT2D eigenvalue weighted by molar-refractivity contribution is -0.128. The Bertz CT molecular complexity index is 462. The number of carbonyl (C=O) groups is 1. The molecule has 1 atom stereocenters. The van der Waals surface area contributed by atoms with Gasteiger partial charge in [-0.1, -0.05) is 6.07 Å². The molecule has 5 heteroatoms. The van der Waals surface area contributed by atoms with E-state index in [1.165, 1.54) is 0 Å². The summed E-state index contributed by atoms with van der Waals surface area (Å²) in [6.45, 7) is 4.16. The van der Waals surface area contributed by atoms with Crippen LogP contribution in [0.15, 0.2) is 18.2 Å². The van der Waals surface area contributed by atoms with Crippen LogP contribution in [0.2, 0.25) is 0 Å². The van der Waals surface area contributed by atoms with E-state index in [4.69, 9.17) is 9.47 Å². The van der Waals surface area contributed by atoms with Crippen LogP contribution in [-0.2, 0) is 11.3 Å². The molecule has 0 bridgehead atoms. The lowest BCUT2D eigenvalue weighted by Crippen LogP contribution is -2.53. The molecule has 1 aliphatic heterocycles. The van der Waals surface area contributed by atoms with Crippen molar-refractivity contribution in [2.75, 3.05) is 27.3 Å². The van der Waals surface area contributed by atoms with Crippen LogP contribution < -0.4 is 14.8 Å². The van der Waals surface area contributed by atoms with Crippen molar-refractivity contribution in [2.45, 2.75) is 19.5 Å². The highest BCUT2D eigenvalue weighted by atomic mass is 16.5. The first kappa shape index (κ1) is 13.7. The summed E-state index contributed by atoms with van der Waals surface area (Å²) in [5.74, 6) is 1.64. The fraction of sp³-hybridized carbons (Fsp3) is 0.500. The van der Waals surface area contributed by atoms with Crippen LogP contribution in [-0.4, -0.2) is 44.2 Å². The fourth-order valence-electron chi connectivity index (χ4n) is 2.25. The van der Waals surface area contributed by atoms with Crippen molar-refractivity contribution in [1.29, 1.82) is 0 Å². The van der Waals surface area contributed by atoms with Gasteiger partial charge >= 0.3 is 0 Å². The van der Waals surface area contributed by atoms with Gasteiger partial charge < -0.3 is 14.8 Å². The SMILES string of the molecule is COc1ccc(CN2CCNC(=O)[C@@H]2C)c(OC)c1. The summed E-state index contributed by atoms with van der Waals surface area (Å²) in [5.41, 5.74) is 1.06. The summed E-state index contributed by atoms with van der Waals surface area (Å²) >= 11 is 0. The summed E-state index contributed by atoms with van der Waals surface area (Å²) in [5, 5.41) is 2.86. The molecule has 0 aliphatic carbocycles. The molecule has 1 amide bonds. The van der Waals surface area contributed by atoms with Crippen LogP contribution in [0.25, 0.3) is 0 Å². The number of hydrogen-bond acceptors (Lipinski definition) is 4. The Morgan fingerprint density at radius 3 is 2.84 bits per heavy atom. The van der Waals surface area contributed by atoms with Gasteiger partial charge in [-0.15, -0.1) is 0 Å². The van der Waals surface area contributed by atoms with Gasteiger partial charge in [-0.05, 0) is 13.0 Å². The number of amides is 1. The predicted octanol–water partition coefficient (Wildman–Crippen LogP) is 1.02. The van der Waals surface area contributed by atoms with E-state index in [0.29, 0.717) is 13.1 Å². The zero-order valence-corrected chi connectivity index (χ0v) is 11.6. The highest BCUT2D eigenvalue weighted by Crippen LogP contribution is 2.26. The maximum absolute atomic E-state index is 11.6. The second-order valence-corrected chi connectivity index (χ2v) is 4.62. The van der Waals surface area contributed by atoms with Crippen LogP contribution in [0.3, 0.4) is 0 Å². The third-order valence-corrected chi connectivity index (χ3v) is 3.49. The minimum Gasteiger partial charge on any atom is -0.497 e. The summed E-state index contributed by atoms with van der Waals surface area (Å²) < 4.78 is 10.6. The Balaban J connectivity index is 2.16. The number of ether oxygens (including phenoxy) is 2. The lowest BCUT2D eigenvalue weighted by atomic mass is 10.1. The van der Waals surface area contributed by atoms with Gasteiger partial charge in [0.2, 0.25) is 5.91 Å². The van der Waals surface area contributed by atoms with Crippen LogP contribution in [0.4, 0.5) is 0 Å². The van der Waals surface area contributed by atoms with Crippen molar-refractivity contribution >= 4 is 5.91 Å². The fourth-order valence-corrected chi connectivity index (χ4v) is 2.25. The van der Waals surface area contributed by atoms with Gasteiger partial charge in [0, 0.05) is 31.3 Å². The standard InChI is InChI=1S/C14H20N2O3/c1-10-14(17)15-6-7-16(10)9-11-4-5-12(18-2)8-13(11)19-3/h4-5,8,10H,6-7,9H2,1-3H3,(H,15,17)/t10-/m0/s1. The molecule has 1 aromatic rings. The first-order valence-electron chi connectivity index (χ1n) is 6.38. The zero-order chi connectivity index (χ0) is 13.8. The van der Waals surface area contributed by atoms with Gasteiger partial charge in [0.25, 0.3) is 0 Å². The van der Waals surface area contributed by atoms with Crippen LogP contribution in [0, 0.1) is 0 Å². The zero-order valence-electron chi connectivity index (χ0n) is 11.6. The molecule has 0 saturated carbocycles. The molecule has 5 nitrogen and oxygen atoms in total. The van der Waals surface area contributed by atoms with Crippen LogP contribution in [0.5, 0.6) is 11.5 Å². The summed E-state index contributed by atoms with van der Waals surface area (Å²) in [4.78, 5) is 13.8. The summed E-state index contributed by atoms with van der Waals surface area (Å²) in [7, 11) is 3.27. The number of nitrogens with one attached hydrogen (secondary N) is 1. The van der Waals surface area contributed by atoms with Crippen LogP contribution >= 0.6 is 0 Å². The van der Waals surface area contributed by atoms with E-state index in [-0.39, 0.29) is 11.9 Å². The van der Waals surface area contributed by atoms with Gasteiger partial charge in [-0.2, -0.15) is 0 Å². The van der Waals surface area contributed by atoms with Crippen molar-refractivity contribution in [3.63, 3.8) is 0 Å². The molecular formula is C14H20N2O3. The quantitative estimate of drug-likeness (QED) is 0.882. The minimum absolute atomic E-state index is 0.0822.